The quantitative estimate of drug-likeness (QED) is 0.647. The molecule has 0 radical (unpaired) electrons. The SMILES string of the molecule is CCCNC(CCN1CCN(CC(C)C)CC1)C(N)=O. The maximum absolute atomic E-state index is 11.4. The highest BCUT2D eigenvalue weighted by Gasteiger charge is 2.20. The van der Waals surface area contributed by atoms with E-state index in [9.17, 15) is 4.79 Å². The van der Waals surface area contributed by atoms with Crippen LogP contribution in [0.3, 0.4) is 0 Å². The average Bonchev–Trinajstić information content (AvgIpc) is 2.39. The molecule has 1 fully saturated rings. The molecule has 20 heavy (non-hydrogen) atoms. The third kappa shape index (κ3) is 6.68. The van der Waals surface area contributed by atoms with Crippen LogP contribution < -0.4 is 11.1 Å². The third-order valence-electron chi connectivity index (χ3n) is 3.81. The number of hydrogen-bond donors (Lipinski definition) is 2. The highest BCUT2D eigenvalue weighted by Crippen LogP contribution is 2.06. The van der Waals surface area contributed by atoms with E-state index in [4.69, 9.17) is 5.73 Å². The molecule has 1 atom stereocenters. The number of rotatable bonds is 9. The van der Waals surface area contributed by atoms with Gasteiger partial charge in [0.1, 0.15) is 0 Å². The van der Waals surface area contributed by atoms with Gasteiger partial charge in [-0.05, 0) is 25.3 Å². The topological polar surface area (TPSA) is 61.6 Å². The van der Waals surface area contributed by atoms with Gasteiger partial charge in [0.25, 0.3) is 0 Å². The van der Waals surface area contributed by atoms with E-state index >= 15 is 0 Å². The standard InChI is InChI=1S/C15H32N4O/c1-4-6-17-14(15(16)20)5-7-18-8-10-19(11-9-18)12-13(2)3/h13-14,17H,4-12H2,1-3H3,(H2,16,20). The molecule has 0 bridgehead atoms. The lowest BCUT2D eigenvalue weighted by atomic mass is 10.1. The summed E-state index contributed by atoms with van der Waals surface area (Å²) >= 11 is 0. The second kappa shape index (κ2) is 9.32. The van der Waals surface area contributed by atoms with Gasteiger partial charge in [-0.2, -0.15) is 0 Å². The average molecular weight is 284 g/mol. The molecule has 0 aromatic carbocycles. The number of primary amides is 1. The molecule has 1 unspecified atom stereocenters. The Morgan fingerprint density at radius 1 is 1.20 bits per heavy atom. The van der Waals surface area contributed by atoms with Crippen molar-refractivity contribution in [1.82, 2.24) is 15.1 Å². The normalized spacial score (nSPS) is 19.4. The number of hydrogen-bond acceptors (Lipinski definition) is 4. The van der Waals surface area contributed by atoms with Crippen molar-refractivity contribution in [3.63, 3.8) is 0 Å². The predicted octanol–water partition coefficient (Wildman–Crippen LogP) is 0.504. The Balaban J connectivity index is 2.23. The Kier molecular flexibility index (Phi) is 8.11. The Morgan fingerprint density at radius 2 is 1.80 bits per heavy atom. The van der Waals surface area contributed by atoms with E-state index in [0.29, 0.717) is 0 Å². The van der Waals surface area contributed by atoms with Crippen molar-refractivity contribution in [3.05, 3.63) is 0 Å². The van der Waals surface area contributed by atoms with Gasteiger partial charge in [-0.25, -0.2) is 0 Å². The van der Waals surface area contributed by atoms with Gasteiger partial charge in [-0.15, -0.1) is 0 Å². The summed E-state index contributed by atoms with van der Waals surface area (Å²) in [7, 11) is 0. The second-order valence-electron chi connectivity index (χ2n) is 6.23. The van der Waals surface area contributed by atoms with E-state index in [1.165, 1.54) is 6.54 Å². The molecule has 0 saturated carbocycles. The zero-order valence-corrected chi connectivity index (χ0v) is 13.4. The van der Waals surface area contributed by atoms with Crippen LogP contribution in [0.4, 0.5) is 0 Å². The number of nitrogens with zero attached hydrogens (tertiary/aromatic N) is 2. The summed E-state index contributed by atoms with van der Waals surface area (Å²) in [5.74, 6) is 0.510. The van der Waals surface area contributed by atoms with E-state index in [0.717, 1.165) is 58.0 Å². The molecule has 1 heterocycles. The molecule has 0 aliphatic carbocycles. The van der Waals surface area contributed by atoms with Crippen molar-refractivity contribution in [3.8, 4) is 0 Å². The van der Waals surface area contributed by atoms with Gasteiger partial charge < -0.3 is 20.9 Å². The van der Waals surface area contributed by atoms with E-state index in [2.05, 4.69) is 35.9 Å². The zero-order chi connectivity index (χ0) is 15.0. The molecular formula is C15H32N4O. The van der Waals surface area contributed by atoms with E-state index < -0.39 is 0 Å². The van der Waals surface area contributed by atoms with Crippen LogP contribution in [0.15, 0.2) is 0 Å². The lowest BCUT2D eigenvalue weighted by molar-refractivity contribution is -0.120. The molecule has 1 aliphatic rings. The maximum atomic E-state index is 11.4. The summed E-state index contributed by atoms with van der Waals surface area (Å²) in [6, 6.07) is -0.177. The molecule has 5 nitrogen and oxygen atoms in total. The van der Waals surface area contributed by atoms with Crippen LogP contribution in [0.5, 0.6) is 0 Å². The Hall–Kier alpha value is -0.650. The summed E-state index contributed by atoms with van der Waals surface area (Å²) in [5, 5.41) is 3.23. The molecule has 1 amide bonds. The van der Waals surface area contributed by atoms with Crippen molar-refractivity contribution in [2.45, 2.75) is 39.7 Å². The number of amides is 1. The smallest absolute Gasteiger partial charge is 0.234 e. The van der Waals surface area contributed by atoms with Crippen LogP contribution in [0, 0.1) is 5.92 Å². The van der Waals surface area contributed by atoms with Gasteiger partial charge in [0.2, 0.25) is 5.91 Å². The number of nitrogens with two attached hydrogens (primary N) is 1. The number of carbonyl (C=O) groups excluding carboxylic acids is 1. The molecule has 3 N–H and O–H groups in total. The highest BCUT2D eigenvalue weighted by molar-refractivity contribution is 5.79. The van der Waals surface area contributed by atoms with Crippen molar-refractivity contribution >= 4 is 5.91 Å². The third-order valence-corrected chi connectivity index (χ3v) is 3.81. The fourth-order valence-electron chi connectivity index (χ4n) is 2.69. The van der Waals surface area contributed by atoms with Crippen LogP contribution in [-0.4, -0.2) is 67.6 Å². The van der Waals surface area contributed by atoms with Crippen LogP contribution >= 0.6 is 0 Å². The van der Waals surface area contributed by atoms with Gasteiger partial charge in [-0.1, -0.05) is 20.8 Å². The molecule has 1 saturated heterocycles. The van der Waals surface area contributed by atoms with Crippen molar-refractivity contribution < 1.29 is 4.79 Å². The molecule has 5 heteroatoms. The zero-order valence-electron chi connectivity index (χ0n) is 13.4. The monoisotopic (exact) mass is 284 g/mol. The molecule has 1 aliphatic heterocycles. The van der Waals surface area contributed by atoms with E-state index in [-0.39, 0.29) is 11.9 Å². The summed E-state index contributed by atoms with van der Waals surface area (Å²) in [5.41, 5.74) is 5.44. The van der Waals surface area contributed by atoms with Crippen LogP contribution in [0.2, 0.25) is 0 Å². The Bertz CT molecular complexity index is 275. The van der Waals surface area contributed by atoms with Gasteiger partial charge in [0.15, 0.2) is 0 Å². The molecular weight excluding hydrogens is 252 g/mol. The van der Waals surface area contributed by atoms with Crippen molar-refractivity contribution in [2.24, 2.45) is 11.7 Å². The van der Waals surface area contributed by atoms with Gasteiger partial charge in [0, 0.05) is 39.3 Å². The fourth-order valence-corrected chi connectivity index (χ4v) is 2.69. The minimum atomic E-state index is -0.225. The van der Waals surface area contributed by atoms with Crippen molar-refractivity contribution in [2.75, 3.05) is 45.8 Å². The summed E-state index contributed by atoms with van der Waals surface area (Å²) in [4.78, 5) is 16.4. The lowest BCUT2D eigenvalue weighted by Gasteiger charge is -2.36. The number of nitrogens with one attached hydrogen (secondary N) is 1. The molecule has 0 aromatic heterocycles. The molecule has 118 valence electrons. The van der Waals surface area contributed by atoms with Crippen LogP contribution in [0.1, 0.15) is 33.6 Å². The Labute approximate surface area is 123 Å². The highest BCUT2D eigenvalue weighted by atomic mass is 16.1. The maximum Gasteiger partial charge on any atom is 0.234 e. The molecule has 1 rings (SSSR count). The largest absolute Gasteiger partial charge is 0.368 e. The first kappa shape index (κ1) is 17.4. The molecule has 0 aromatic rings. The minimum Gasteiger partial charge on any atom is -0.368 e. The summed E-state index contributed by atoms with van der Waals surface area (Å²) in [6.07, 6.45) is 1.84. The number of carbonyl (C=O) groups is 1. The fraction of sp³-hybridized carbons (Fsp3) is 0.933. The second-order valence-corrected chi connectivity index (χ2v) is 6.23. The van der Waals surface area contributed by atoms with Crippen LogP contribution in [-0.2, 0) is 4.79 Å². The first-order valence-electron chi connectivity index (χ1n) is 8.00. The number of piperazine rings is 1. The van der Waals surface area contributed by atoms with Gasteiger partial charge in [0.05, 0.1) is 6.04 Å². The first-order chi connectivity index (χ1) is 9.52. The van der Waals surface area contributed by atoms with Gasteiger partial charge >= 0.3 is 0 Å². The lowest BCUT2D eigenvalue weighted by Crippen LogP contribution is -2.49. The van der Waals surface area contributed by atoms with Crippen LogP contribution in [0.25, 0.3) is 0 Å². The summed E-state index contributed by atoms with van der Waals surface area (Å²) in [6.45, 7) is 14.1. The first-order valence-corrected chi connectivity index (χ1v) is 8.00. The summed E-state index contributed by atoms with van der Waals surface area (Å²) < 4.78 is 0. The van der Waals surface area contributed by atoms with E-state index in [1.807, 2.05) is 0 Å². The minimum absolute atomic E-state index is 0.177. The van der Waals surface area contributed by atoms with E-state index in [1.54, 1.807) is 0 Å². The van der Waals surface area contributed by atoms with Gasteiger partial charge in [-0.3, -0.25) is 4.79 Å². The Morgan fingerprint density at radius 3 is 2.30 bits per heavy atom. The van der Waals surface area contributed by atoms with Crippen molar-refractivity contribution in [1.29, 1.82) is 0 Å². The molecule has 0 spiro atoms. The predicted molar refractivity (Wildman–Crippen MR) is 83.6 cm³/mol.